The summed E-state index contributed by atoms with van der Waals surface area (Å²) >= 11 is 0. The predicted octanol–water partition coefficient (Wildman–Crippen LogP) is 17.8. The van der Waals surface area contributed by atoms with Crippen LogP contribution in [0.15, 0.2) is 48.6 Å². The van der Waals surface area contributed by atoms with E-state index in [1.165, 1.54) is 193 Å². The summed E-state index contributed by atoms with van der Waals surface area (Å²) in [5, 5.41) is 23.1. The standard InChI is InChI=1S/C60H111NO5/c1-3-5-7-9-11-13-15-17-19-21-23-24-26-27-29-31-33-36-40-44-48-52-58(63)57(56-62)61-59(64)53-49-45-41-37-35-39-43-47-51-55-66-60(65)54-50-46-42-38-34-32-30-28-25-22-20-18-16-14-12-10-8-6-4-2/h12,14,18,20,37,41,48,52,57-58,62-63H,3-11,13,15-17,19,21-36,38-40,42-47,49-51,53-56H2,1-2H3,(H,61,64)/b14-12-,20-18-,41-37-,52-48+. The Balaban J connectivity index is 3.56. The number of hydrogen-bond acceptors (Lipinski definition) is 5. The molecule has 2 unspecified atom stereocenters. The molecule has 0 heterocycles. The third-order valence-electron chi connectivity index (χ3n) is 13.1. The molecular formula is C60H111NO5. The highest BCUT2D eigenvalue weighted by Gasteiger charge is 2.18. The minimum atomic E-state index is -0.878. The molecule has 0 bridgehead atoms. The van der Waals surface area contributed by atoms with Gasteiger partial charge in [-0.2, -0.15) is 0 Å². The van der Waals surface area contributed by atoms with Crippen LogP contribution in [0.4, 0.5) is 0 Å². The second-order valence-electron chi connectivity index (χ2n) is 19.6. The van der Waals surface area contributed by atoms with Gasteiger partial charge in [0.2, 0.25) is 5.91 Å². The minimum absolute atomic E-state index is 0.0418. The van der Waals surface area contributed by atoms with E-state index in [-0.39, 0.29) is 18.5 Å². The molecule has 0 fully saturated rings. The molecule has 0 radical (unpaired) electrons. The van der Waals surface area contributed by atoms with Crippen LogP contribution in [-0.2, 0) is 14.3 Å². The Labute approximate surface area is 410 Å². The number of rotatable bonds is 53. The molecule has 66 heavy (non-hydrogen) atoms. The normalized spacial score (nSPS) is 13.0. The van der Waals surface area contributed by atoms with Crippen molar-refractivity contribution in [3.05, 3.63) is 48.6 Å². The van der Waals surface area contributed by atoms with Gasteiger partial charge < -0.3 is 20.3 Å². The van der Waals surface area contributed by atoms with Crippen LogP contribution in [0.5, 0.6) is 0 Å². The number of unbranched alkanes of at least 4 members (excludes halogenated alkanes) is 36. The van der Waals surface area contributed by atoms with Crippen molar-refractivity contribution in [1.29, 1.82) is 0 Å². The Morgan fingerprint density at radius 2 is 0.773 bits per heavy atom. The molecule has 6 nitrogen and oxygen atoms in total. The van der Waals surface area contributed by atoms with E-state index in [9.17, 15) is 19.8 Å². The van der Waals surface area contributed by atoms with Crippen LogP contribution in [0.2, 0.25) is 0 Å². The first kappa shape index (κ1) is 63.8. The Bertz CT molecular complexity index is 1110. The third-order valence-corrected chi connectivity index (χ3v) is 13.1. The number of amides is 1. The first-order chi connectivity index (χ1) is 32.5. The van der Waals surface area contributed by atoms with Crippen LogP contribution in [0.1, 0.15) is 296 Å². The highest BCUT2D eigenvalue weighted by atomic mass is 16.5. The van der Waals surface area contributed by atoms with Crippen LogP contribution >= 0.6 is 0 Å². The smallest absolute Gasteiger partial charge is 0.305 e. The van der Waals surface area contributed by atoms with Crippen molar-refractivity contribution in [2.45, 2.75) is 309 Å². The Morgan fingerprint density at radius 3 is 1.23 bits per heavy atom. The molecule has 6 heteroatoms. The van der Waals surface area contributed by atoms with Gasteiger partial charge in [0.05, 0.1) is 25.4 Å². The van der Waals surface area contributed by atoms with Gasteiger partial charge in [0.25, 0.3) is 0 Å². The lowest BCUT2D eigenvalue weighted by Gasteiger charge is -2.19. The van der Waals surface area contributed by atoms with Gasteiger partial charge in [0.15, 0.2) is 0 Å². The maximum absolute atomic E-state index is 12.5. The van der Waals surface area contributed by atoms with E-state index in [0.29, 0.717) is 19.4 Å². The molecule has 3 N–H and O–H groups in total. The molecule has 0 aromatic carbocycles. The number of nitrogens with one attached hydrogen (secondary N) is 1. The Kier molecular flexibility index (Phi) is 53.6. The first-order valence-electron chi connectivity index (χ1n) is 28.9. The number of hydrogen-bond donors (Lipinski definition) is 3. The van der Waals surface area contributed by atoms with Crippen molar-refractivity contribution in [3.63, 3.8) is 0 Å². The Morgan fingerprint density at radius 1 is 0.424 bits per heavy atom. The van der Waals surface area contributed by atoms with E-state index >= 15 is 0 Å². The highest BCUT2D eigenvalue weighted by Crippen LogP contribution is 2.16. The van der Waals surface area contributed by atoms with Gasteiger partial charge >= 0.3 is 5.97 Å². The summed E-state index contributed by atoms with van der Waals surface area (Å²) in [6, 6.07) is -0.668. The highest BCUT2D eigenvalue weighted by molar-refractivity contribution is 5.76. The second kappa shape index (κ2) is 55.4. The first-order valence-corrected chi connectivity index (χ1v) is 28.9. The number of allylic oxidation sites excluding steroid dienone is 7. The van der Waals surface area contributed by atoms with Crippen LogP contribution in [0, 0.1) is 0 Å². The SMILES string of the molecule is CCCCC/C=C\C/C=C\CCCCCCCCCCCC(=O)OCCCCCC/C=C\CCCC(=O)NC(CO)C(O)/C=C/CCCCCCCCCCCCCCCCCCCCC. The molecule has 0 aromatic rings. The molecule has 0 saturated carbocycles. The zero-order chi connectivity index (χ0) is 47.9. The van der Waals surface area contributed by atoms with Crippen LogP contribution < -0.4 is 5.32 Å². The lowest BCUT2D eigenvalue weighted by Crippen LogP contribution is -2.45. The number of carbonyl (C=O) groups is 2. The fraction of sp³-hybridized carbons (Fsp3) is 0.833. The molecule has 386 valence electrons. The number of carbonyl (C=O) groups excluding carboxylic acids is 2. The Hall–Kier alpha value is -2.18. The maximum Gasteiger partial charge on any atom is 0.305 e. The van der Waals surface area contributed by atoms with Crippen molar-refractivity contribution in [1.82, 2.24) is 5.32 Å². The summed E-state index contributed by atoms with van der Waals surface area (Å²) in [5.74, 6) is -0.169. The van der Waals surface area contributed by atoms with Crippen molar-refractivity contribution >= 4 is 11.9 Å². The van der Waals surface area contributed by atoms with E-state index in [4.69, 9.17) is 4.74 Å². The van der Waals surface area contributed by atoms with Gasteiger partial charge in [0, 0.05) is 12.8 Å². The average Bonchev–Trinajstić information content (AvgIpc) is 3.32. The van der Waals surface area contributed by atoms with Crippen LogP contribution in [0.3, 0.4) is 0 Å². The minimum Gasteiger partial charge on any atom is -0.466 e. The summed E-state index contributed by atoms with van der Waals surface area (Å²) in [6.07, 6.45) is 69.9. The van der Waals surface area contributed by atoms with Gasteiger partial charge in [-0.1, -0.05) is 249 Å². The number of ether oxygens (including phenoxy) is 1. The third kappa shape index (κ3) is 51.2. The van der Waals surface area contributed by atoms with E-state index in [1.54, 1.807) is 6.08 Å². The predicted molar refractivity (Wildman–Crippen MR) is 287 cm³/mol. The summed E-state index contributed by atoms with van der Waals surface area (Å²) in [5.41, 5.74) is 0. The molecule has 2 atom stereocenters. The largest absolute Gasteiger partial charge is 0.466 e. The van der Waals surface area contributed by atoms with E-state index in [0.717, 1.165) is 77.0 Å². The quantitative estimate of drug-likeness (QED) is 0.0321. The van der Waals surface area contributed by atoms with Crippen molar-refractivity contribution < 1.29 is 24.5 Å². The van der Waals surface area contributed by atoms with Gasteiger partial charge in [0.1, 0.15) is 0 Å². The van der Waals surface area contributed by atoms with E-state index < -0.39 is 12.1 Å². The van der Waals surface area contributed by atoms with Crippen molar-refractivity contribution in [2.24, 2.45) is 0 Å². The topological polar surface area (TPSA) is 95.9 Å². The average molecular weight is 927 g/mol. The maximum atomic E-state index is 12.5. The molecule has 0 rings (SSSR count). The molecule has 0 aromatic heterocycles. The summed E-state index contributed by atoms with van der Waals surface area (Å²) < 4.78 is 5.45. The number of esters is 1. The molecule has 0 aliphatic heterocycles. The zero-order valence-electron chi connectivity index (χ0n) is 43.9. The number of aliphatic hydroxyl groups is 2. The van der Waals surface area contributed by atoms with Crippen molar-refractivity contribution in [3.8, 4) is 0 Å². The van der Waals surface area contributed by atoms with Gasteiger partial charge in [-0.25, -0.2) is 0 Å². The molecule has 0 aliphatic rings. The lowest BCUT2D eigenvalue weighted by molar-refractivity contribution is -0.143. The monoisotopic (exact) mass is 926 g/mol. The second-order valence-corrected chi connectivity index (χ2v) is 19.6. The summed E-state index contributed by atoms with van der Waals surface area (Å²) in [4.78, 5) is 24.5. The van der Waals surface area contributed by atoms with Crippen LogP contribution in [0.25, 0.3) is 0 Å². The zero-order valence-corrected chi connectivity index (χ0v) is 43.9. The molecule has 0 spiro atoms. The van der Waals surface area contributed by atoms with E-state index in [2.05, 4.69) is 55.6 Å². The van der Waals surface area contributed by atoms with Gasteiger partial charge in [-0.15, -0.1) is 0 Å². The van der Waals surface area contributed by atoms with Gasteiger partial charge in [-0.3, -0.25) is 9.59 Å². The van der Waals surface area contributed by atoms with E-state index in [1.807, 2.05) is 6.08 Å². The number of aliphatic hydroxyl groups excluding tert-OH is 2. The molecule has 0 aliphatic carbocycles. The summed E-state index contributed by atoms with van der Waals surface area (Å²) in [7, 11) is 0. The fourth-order valence-corrected chi connectivity index (χ4v) is 8.61. The molecular weight excluding hydrogens is 815 g/mol. The molecule has 1 amide bonds. The van der Waals surface area contributed by atoms with Crippen molar-refractivity contribution in [2.75, 3.05) is 13.2 Å². The molecule has 0 saturated heterocycles. The fourth-order valence-electron chi connectivity index (χ4n) is 8.61. The lowest BCUT2D eigenvalue weighted by atomic mass is 10.0. The van der Waals surface area contributed by atoms with Crippen LogP contribution in [-0.4, -0.2) is 47.4 Å². The summed E-state index contributed by atoms with van der Waals surface area (Å²) in [6.45, 7) is 4.79. The van der Waals surface area contributed by atoms with Gasteiger partial charge in [-0.05, 0) is 83.5 Å².